The van der Waals surface area contributed by atoms with Crippen molar-refractivity contribution in [3.8, 4) is 0 Å². The van der Waals surface area contributed by atoms with E-state index in [1.807, 2.05) is 13.8 Å². The molecule has 0 fully saturated rings. The van der Waals surface area contributed by atoms with E-state index in [0.717, 1.165) is 6.54 Å². The molecule has 0 aromatic carbocycles. The van der Waals surface area contributed by atoms with E-state index in [4.69, 9.17) is 9.47 Å². The summed E-state index contributed by atoms with van der Waals surface area (Å²) >= 11 is 0. The lowest BCUT2D eigenvalue weighted by molar-refractivity contribution is -0.0105. The van der Waals surface area contributed by atoms with Gasteiger partial charge in [0, 0.05) is 13.1 Å². The van der Waals surface area contributed by atoms with Crippen molar-refractivity contribution in [3.63, 3.8) is 0 Å². The maximum absolute atomic E-state index is 9.76. The second kappa shape index (κ2) is 9.70. The predicted molar refractivity (Wildman–Crippen MR) is 79.4 cm³/mol. The first-order chi connectivity index (χ1) is 8.75. The van der Waals surface area contributed by atoms with Gasteiger partial charge in [-0.3, -0.25) is 0 Å². The number of hydrogen-bond donors (Lipinski definition) is 2. The third-order valence-electron chi connectivity index (χ3n) is 3.51. The van der Waals surface area contributed by atoms with Crippen molar-refractivity contribution in [1.29, 1.82) is 0 Å². The SMILES string of the molecule is CC(C)OCCOCC(O)CNCC(C)(C)C(C)C. The first-order valence-electron chi connectivity index (χ1n) is 7.34. The second-order valence-electron chi connectivity index (χ2n) is 6.42. The van der Waals surface area contributed by atoms with Crippen LogP contribution in [0, 0.1) is 11.3 Å². The number of rotatable bonds is 11. The Morgan fingerprint density at radius 1 is 1.11 bits per heavy atom. The Kier molecular flexibility index (Phi) is 9.62. The molecule has 116 valence electrons. The van der Waals surface area contributed by atoms with Gasteiger partial charge in [-0.1, -0.05) is 27.7 Å². The fourth-order valence-electron chi connectivity index (χ4n) is 1.39. The van der Waals surface area contributed by atoms with Crippen LogP contribution in [0.5, 0.6) is 0 Å². The van der Waals surface area contributed by atoms with Crippen LogP contribution in [0.3, 0.4) is 0 Å². The summed E-state index contributed by atoms with van der Waals surface area (Å²) < 4.78 is 10.7. The van der Waals surface area contributed by atoms with Crippen molar-refractivity contribution in [2.24, 2.45) is 11.3 Å². The molecule has 0 aliphatic heterocycles. The highest BCUT2D eigenvalue weighted by atomic mass is 16.5. The summed E-state index contributed by atoms with van der Waals surface area (Å²) in [6.45, 7) is 15.8. The summed E-state index contributed by atoms with van der Waals surface area (Å²) in [6, 6.07) is 0. The number of hydrogen-bond acceptors (Lipinski definition) is 4. The summed E-state index contributed by atoms with van der Waals surface area (Å²) in [7, 11) is 0. The quantitative estimate of drug-likeness (QED) is 0.567. The van der Waals surface area contributed by atoms with E-state index in [1.54, 1.807) is 0 Å². The molecule has 0 aliphatic rings. The topological polar surface area (TPSA) is 50.7 Å². The van der Waals surface area contributed by atoms with Gasteiger partial charge in [0.2, 0.25) is 0 Å². The molecule has 1 atom stereocenters. The van der Waals surface area contributed by atoms with Gasteiger partial charge in [-0.15, -0.1) is 0 Å². The highest BCUT2D eigenvalue weighted by Crippen LogP contribution is 2.24. The summed E-state index contributed by atoms with van der Waals surface area (Å²) in [5, 5.41) is 13.1. The third-order valence-corrected chi connectivity index (χ3v) is 3.51. The molecule has 0 amide bonds. The fourth-order valence-corrected chi connectivity index (χ4v) is 1.39. The Labute approximate surface area is 118 Å². The normalized spacial score (nSPS) is 14.4. The van der Waals surface area contributed by atoms with Crippen LogP contribution in [0.4, 0.5) is 0 Å². The van der Waals surface area contributed by atoms with Gasteiger partial charge >= 0.3 is 0 Å². The Balaban J connectivity index is 3.52. The van der Waals surface area contributed by atoms with Crippen molar-refractivity contribution < 1.29 is 14.6 Å². The average molecular weight is 275 g/mol. The van der Waals surface area contributed by atoms with Gasteiger partial charge < -0.3 is 19.9 Å². The van der Waals surface area contributed by atoms with Gasteiger partial charge in [0.25, 0.3) is 0 Å². The highest BCUT2D eigenvalue weighted by Gasteiger charge is 2.21. The molecule has 0 saturated heterocycles. The maximum Gasteiger partial charge on any atom is 0.0897 e. The number of aliphatic hydroxyl groups excluding tert-OH is 1. The van der Waals surface area contributed by atoms with E-state index in [-0.39, 0.29) is 11.5 Å². The van der Waals surface area contributed by atoms with Crippen LogP contribution in [0.25, 0.3) is 0 Å². The zero-order chi connectivity index (χ0) is 14.9. The lowest BCUT2D eigenvalue weighted by atomic mass is 9.81. The van der Waals surface area contributed by atoms with Gasteiger partial charge in [-0.05, 0) is 25.2 Å². The zero-order valence-electron chi connectivity index (χ0n) is 13.5. The first-order valence-corrected chi connectivity index (χ1v) is 7.34. The smallest absolute Gasteiger partial charge is 0.0897 e. The summed E-state index contributed by atoms with van der Waals surface area (Å²) in [4.78, 5) is 0. The van der Waals surface area contributed by atoms with Gasteiger partial charge in [-0.2, -0.15) is 0 Å². The minimum absolute atomic E-state index is 0.230. The molecule has 19 heavy (non-hydrogen) atoms. The van der Waals surface area contributed by atoms with Gasteiger partial charge in [0.05, 0.1) is 32.0 Å². The van der Waals surface area contributed by atoms with Crippen LogP contribution in [0.2, 0.25) is 0 Å². The molecular formula is C15H33NO3. The standard InChI is InChI=1S/C15H33NO3/c1-12(2)15(5,6)11-16-9-14(17)10-18-7-8-19-13(3)4/h12-14,16-17H,7-11H2,1-6H3. The Hall–Kier alpha value is -0.160. The molecule has 0 heterocycles. The van der Waals surface area contributed by atoms with Crippen LogP contribution in [-0.2, 0) is 9.47 Å². The van der Waals surface area contributed by atoms with Crippen LogP contribution < -0.4 is 5.32 Å². The fraction of sp³-hybridized carbons (Fsp3) is 1.00. The molecule has 0 aromatic rings. The van der Waals surface area contributed by atoms with E-state index in [1.165, 1.54) is 0 Å². The van der Waals surface area contributed by atoms with Crippen molar-refractivity contribution in [1.82, 2.24) is 5.32 Å². The Morgan fingerprint density at radius 2 is 1.74 bits per heavy atom. The van der Waals surface area contributed by atoms with E-state index < -0.39 is 6.10 Å². The lowest BCUT2D eigenvalue weighted by Gasteiger charge is -2.30. The van der Waals surface area contributed by atoms with Crippen LogP contribution in [0.15, 0.2) is 0 Å². The van der Waals surface area contributed by atoms with Gasteiger partial charge in [0.1, 0.15) is 0 Å². The monoisotopic (exact) mass is 275 g/mol. The van der Waals surface area contributed by atoms with Crippen molar-refractivity contribution in [2.45, 2.75) is 53.8 Å². The molecule has 0 aromatic heterocycles. The van der Waals surface area contributed by atoms with E-state index in [0.29, 0.717) is 32.3 Å². The maximum atomic E-state index is 9.76. The second-order valence-corrected chi connectivity index (χ2v) is 6.42. The van der Waals surface area contributed by atoms with Crippen molar-refractivity contribution in [3.05, 3.63) is 0 Å². The molecule has 0 aliphatic carbocycles. The van der Waals surface area contributed by atoms with E-state index in [2.05, 4.69) is 33.0 Å². The third kappa shape index (κ3) is 10.3. The Morgan fingerprint density at radius 3 is 2.26 bits per heavy atom. The first kappa shape index (κ1) is 18.8. The Bertz CT molecular complexity index is 217. The lowest BCUT2D eigenvalue weighted by Crippen LogP contribution is -2.38. The molecule has 0 saturated carbocycles. The van der Waals surface area contributed by atoms with E-state index >= 15 is 0 Å². The highest BCUT2D eigenvalue weighted by molar-refractivity contribution is 4.75. The van der Waals surface area contributed by atoms with Gasteiger partial charge in [0.15, 0.2) is 0 Å². The molecule has 0 rings (SSSR count). The molecule has 4 nitrogen and oxygen atoms in total. The molecule has 0 radical (unpaired) electrons. The molecule has 4 heteroatoms. The number of ether oxygens (including phenoxy) is 2. The van der Waals surface area contributed by atoms with Crippen molar-refractivity contribution in [2.75, 3.05) is 32.9 Å². The molecule has 0 spiro atoms. The van der Waals surface area contributed by atoms with Crippen LogP contribution in [0.1, 0.15) is 41.5 Å². The van der Waals surface area contributed by atoms with Crippen LogP contribution >= 0.6 is 0 Å². The van der Waals surface area contributed by atoms with Crippen molar-refractivity contribution >= 4 is 0 Å². The number of aliphatic hydroxyl groups is 1. The van der Waals surface area contributed by atoms with Gasteiger partial charge in [-0.25, -0.2) is 0 Å². The average Bonchev–Trinajstić information content (AvgIpc) is 2.27. The van der Waals surface area contributed by atoms with E-state index in [9.17, 15) is 5.11 Å². The molecular weight excluding hydrogens is 242 g/mol. The number of nitrogens with one attached hydrogen (secondary N) is 1. The summed E-state index contributed by atoms with van der Waals surface area (Å²) in [6.07, 6.45) is -0.226. The minimum Gasteiger partial charge on any atom is -0.389 e. The molecule has 0 bridgehead atoms. The van der Waals surface area contributed by atoms with Crippen LogP contribution in [-0.4, -0.2) is 50.2 Å². The predicted octanol–water partition coefficient (Wildman–Crippen LogP) is 2.06. The largest absolute Gasteiger partial charge is 0.389 e. The minimum atomic E-state index is -0.456. The summed E-state index contributed by atoms with van der Waals surface area (Å²) in [5.41, 5.74) is 0.242. The zero-order valence-corrected chi connectivity index (χ0v) is 13.5. The molecule has 1 unspecified atom stereocenters. The molecule has 2 N–H and O–H groups in total. The summed E-state index contributed by atoms with van der Waals surface area (Å²) in [5.74, 6) is 0.613.